The van der Waals surface area contributed by atoms with Gasteiger partial charge in [-0.05, 0) is 37.8 Å². The molecule has 2 fully saturated rings. The minimum absolute atomic E-state index is 0.0362. The van der Waals surface area contributed by atoms with E-state index in [0.29, 0.717) is 24.8 Å². The molecule has 1 aromatic carbocycles. The van der Waals surface area contributed by atoms with Crippen molar-refractivity contribution in [3.63, 3.8) is 0 Å². The summed E-state index contributed by atoms with van der Waals surface area (Å²) in [5.74, 6) is 0.745. The lowest BCUT2D eigenvalue weighted by Gasteiger charge is -2.29. The molecule has 1 aliphatic carbocycles. The van der Waals surface area contributed by atoms with Gasteiger partial charge in [-0.2, -0.15) is 4.98 Å². The molecule has 2 aliphatic rings. The maximum absolute atomic E-state index is 12.6. The smallest absolute Gasteiger partial charge is 0.325 e. The van der Waals surface area contributed by atoms with Gasteiger partial charge in [0.1, 0.15) is 12.6 Å². The Hall–Kier alpha value is -3.36. The van der Waals surface area contributed by atoms with Crippen LogP contribution in [0.4, 0.5) is 10.5 Å². The third kappa shape index (κ3) is 5.22. The topological polar surface area (TPSA) is 96.9 Å². The van der Waals surface area contributed by atoms with Gasteiger partial charge in [0.05, 0.1) is 19.5 Å². The van der Waals surface area contributed by atoms with Crippen molar-refractivity contribution >= 4 is 17.6 Å². The summed E-state index contributed by atoms with van der Waals surface area (Å²) in [7, 11) is 1.54. The van der Waals surface area contributed by atoms with Gasteiger partial charge >= 0.3 is 6.03 Å². The minimum atomic E-state index is -0.127. The summed E-state index contributed by atoms with van der Waals surface area (Å²) < 4.78 is 11.0. The number of methoxy groups -OCH3 is 1. The van der Waals surface area contributed by atoms with Crippen LogP contribution in [0.3, 0.4) is 0 Å². The molecule has 0 radical (unpaired) electrons. The van der Waals surface area contributed by atoms with Crippen LogP contribution in [0.5, 0.6) is 11.8 Å². The monoisotopic (exact) mass is 425 g/mol. The van der Waals surface area contributed by atoms with Crippen molar-refractivity contribution in [2.45, 2.75) is 37.8 Å². The maximum Gasteiger partial charge on any atom is 0.325 e. The number of carbonyl (C=O) groups is 2. The van der Waals surface area contributed by atoms with Crippen LogP contribution in [-0.4, -0.2) is 65.7 Å². The number of anilines is 1. The fourth-order valence-corrected chi connectivity index (χ4v) is 4.01. The van der Waals surface area contributed by atoms with Gasteiger partial charge in [0, 0.05) is 24.8 Å². The zero-order valence-corrected chi connectivity index (χ0v) is 17.6. The molecular formula is C22H27N5O4. The van der Waals surface area contributed by atoms with Gasteiger partial charge < -0.3 is 19.7 Å². The van der Waals surface area contributed by atoms with Gasteiger partial charge in [-0.1, -0.05) is 18.2 Å². The first-order valence-electron chi connectivity index (χ1n) is 10.6. The number of nitrogens with zero attached hydrogens (tertiary/aromatic N) is 4. The van der Waals surface area contributed by atoms with E-state index in [-0.39, 0.29) is 30.6 Å². The van der Waals surface area contributed by atoms with Crippen molar-refractivity contribution in [3.05, 3.63) is 42.7 Å². The Labute approximate surface area is 181 Å². The van der Waals surface area contributed by atoms with Crippen molar-refractivity contribution in [3.8, 4) is 11.8 Å². The zero-order valence-electron chi connectivity index (χ0n) is 17.6. The van der Waals surface area contributed by atoms with Gasteiger partial charge in [-0.25, -0.2) is 4.79 Å². The number of carbonyl (C=O) groups excluding carboxylic acids is 2. The third-order valence-corrected chi connectivity index (χ3v) is 5.62. The SMILES string of the molecule is COc1cncc(OC2CCC(NC(=O)CN3CCN(c4ccccc4)C3=O)CC2)n1. The van der Waals surface area contributed by atoms with Gasteiger partial charge in [-0.15, -0.1) is 0 Å². The molecular weight excluding hydrogens is 398 g/mol. The predicted octanol–water partition coefficient (Wildman–Crippen LogP) is 2.23. The molecule has 0 unspecified atom stereocenters. The van der Waals surface area contributed by atoms with Crippen LogP contribution in [0, 0.1) is 0 Å². The van der Waals surface area contributed by atoms with Crippen LogP contribution >= 0.6 is 0 Å². The highest BCUT2D eigenvalue weighted by Gasteiger charge is 2.31. The summed E-state index contributed by atoms with van der Waals surface area (Å²) in [6, 6.07) is 9.49. The van der Waals surface area contributed by atoms with E-state index in [1.807, 2.05) is 30.3 Å². The second-order valence-corrected chi connectivity index (χ2v) is 7.75. The van der Waals surface area contributed by atoms with Crippen molar-refractivity contribution in [1.82, 2.24) is 20.2 Å². The molecule has 164 valence electrons. The van der Waals surface area contributed by atoms with Crippen LogP contribution in [0.25, 0.3) is 0 Å². The van der Waals surface area contributed by atoms with Crippen molar-refractivity contribution in [2.24, 2.45) is 0 Å². The molecule has 2 heterocycles. The summed E-state index contributed by atoms with van der Waals surface area (Å²) >= 11 is 0. The number of aromatic nitrogens is 2. The van der Waals surface area contributed by atoms with E-state index in [0.717, 1.165) is 31.4 Å². The molecule has 1 aliphatic heterocycles. The van der Waals surface area contributed by atoms with Gasteiger partial charge in [-0.3, -0.25) is 14.7 Å². The van der Waals surface area contributed by atoms with E-state index in [1.54, 1.807) is 16.0 Å². The normalized spacial score (nSPS) is 21.1. The number of para-hydroxylation sites is 1. The first-order chi connectivity index (χ1) is 15.1. The number of benzene rings is 1. The Morgan fingerprint density at radius 2 is 1.84 bits per heavy atom. The molecule has 1 saturated heterocycles. The number of nitrogens with one attached hydrogen (secondary N) is 1. The third-order valence-electron chi connectivity index (χ3n) is 5.62. The minimum Gasteiger partial charge on any atom is -0.480 e. The van der Waals surface area contributed by atoms with Crippen molar-refractivity contribution in [1.29, 1.82) is 0 Å². The first kappa shape index (κ1) is 20.9. The Morgan fingerprint density at radius 1 is 1.10 bits per heavy atom. The average molecular weight is 425 g/mol. The largest absolute Gasteiger partial charge is 0.480 e. The van der Waals surface area contributed by atoms with Gasteiger partial charge in [0.2, 0.25) is 17.7 Å². The molecule has 4 rings (SSSR count). The van der Waals surface area contributed by atoms with Crippen LogP contribution < -0.4 is 19.7 Å². The number of urea groups is 1. The predicted molar refractivity (Wildman–Crippen MR) is 114 cm³/mol. The Bertz CT molecular complexity index is 902. The number of rotatable bonds is 7. The van der Waals surface area contributed by atoms with E-state index >= 15 is 0 Å². The van der Waals surface area contributed by atoms with Crippen molar-refractivity contribution in [2.75, 3.05) is 31.6 Å². The van der Waals surface area contributed by atoms with E-state index in [9.17, 15) is 9.59 Å². The second kappa shape index (κ2) is 9.63. The number of amides is 3. The van der Waals surface area contributed by atoms with Crippen LogP contribution in [0.2, 0.25) is 0 Å². The fraction of sp³-hybridized carbons (Fsp3) is 0.455. The van der Waals surface area contributed by atoms with E-state index < -0.39 is 0 Å². The van der Waals surface area contributed by atoms with Crippen molar-refractivity contribution < 1.29 is 19.1 Å². The first-order valence-corrected chi connectivity index (χ1v) is 10.6. The number of hydrogen-bond donors (Lipinski definition) is 1. The summed E-state index contributed by atoms with van der Waals surface area (Å²) in [6.45, 7) is 1.22. The number of hydrogen-bond acceptors (Lipinski definition) is 6. The summed E-state index contributed by atoms with van der Waals surface area (Å²) in [6.07, 6.45) is 6.40. The van der Waals surface area contributed by atoms with Crippen LogP contribution in [-0.2, 0) is 4.79 Å². The lowest BCUT2D eigenvalue weighted by Crippen LogP contribution is -2.45. The molecule has 0 spiro atoms. The molecule has 1 saturated carbocycles. The molecule has 9 nitrogen and oxygen atoms in total. The van der Waals surface area contributed by atoms with E-state index in [4.69, 9.17) is 9.47 Å². The fourth-order valence-electron chi connectivity index (χ4n) is 4.01. The van der Waals surface area contributed by atoms with Gasteiger partial charge in [0.15, 0.2) is 0 Å². The second-order valence-electron chi connectivity index (χ2n) is 7.75. The molecule has 2 aromatic rings. The summed E-state index contributed by atoms with van der Waals surface area (Å²) in [5.41, 5.74) is 0.856. The highest BCUT2D eigenvalue weighted by atomic mass is 16.5. The Balaban J connectivity index is 1.21. The molecule has 0 atom stereocenters. The molecule has 1 aromatic heterocycles. The Morgan fingerprint density at radius 3 is 2.58 bits per heavy atom. The summed E-state index contributed by atoms with van der Waals surface area (Å²) in [4.78, 5) is 36.7. The number of ether oxygens (including phenoxy) is 2. The molecule has 0 bridgehead atoms. The van der Waals surface area contributed by atoms with Crippen LogP contribution in [0.1, 0.15) is 25.7 Å². The maximum atomic E-state index is 12.6. The molecule has 1 N–H and O–H groups in total. The molecule has 9 heteroatoms. The lowest BCUT2D eigenvalue weighted by atomic mass is 9.93. The quantitative estimate of drug-likeness (QED) is 0.731. The summed E-state index contributed by atoms with van der Waals surface area (Å²) in [5, 5.41) is 3.07. The standard InChI is InChI=1S/C22H27N5O4/c1-30-20-13-23-14-21(25-20)31-18-9-7-16(8-10-18)24-19(28)15-26-11-12-27(22(26)29)17-5-3-2-4-6-17/h2-6,13-14,16,18H,7-12,15H2,1H3,(H,24,28). The Kier molecular flexibility index (Phi) is 6.49. The zero-order chi connectivity index (χ0) is 21.6. The molecule has 3 amide bonds. The molecule has 31 heavy (non-hydrogen) atoms. The van der Waals surface area contributed by atoms with Crippen LogP contribution in [0.15, 0.2) is 42.7 Å². The van der Waals surface area contributed by atoms with Gasteiger partial charge in [0.25, 0.3) is 0 Å². The van der Waals surface area contributed by atoms with E-state index in [2.05, 4.69) is 15.3 Å². The van der Waals surface area contributed by atoms with E-state index in [1.165, 1.54) is 13.3 Å². The highest BCUT2D eigenvalue weighted by molar-refractivity contribution is 5.96. The highest BCUT2D eigenvalue weighted by Crippen LogP contribution is 2.24. The average Bonchev–Trinajstić information content (AvgIpc) is 3.15. The lowest BCUT2D eigenvalue weighted by molar-refractivity contribution is -0.122.